The number of nitrogens with zero attached hydrogens (tertiary/aromatic N) is 2. The molecule has 0 saturated heterocycles. The fourth-order valence-corrected chi connectivity index (χ4v) is 3.05. The van der Waals surface area contributed by atoms with Crippen molar-refractivity contribution < 1.29 is 14.6 Å². The lowest BCUT2D eigenvalue weighted by atomic mass is 9.95. The van der Waals surface area contributed by atoms with Gasteiger partial charge in [-0.05, 0) is 25.7 Å². The van der Waals surface area contributed by atoms with Crippen LogP contribution in [0.4, 0.5) is 0 Å². The molecule has 5 heteroatoms. The van der Waals surface area contributed by atoms with E-state index < -0.39 is 5.97 Å². The minimum atomic E-state index is -0.778. The van der Waals surface area contributed by atoms with Crippen LogP contribution in [0.3, 0.4) is 0 Å². The molecule has 0 unspecified atom stereocenters. The zero-order valence-corrected chi connectivity index (χ0v) is 12.4. The van der Waals surface area contributed by atoms with Crippen molar-refractivity contribution in [3.05, 3.63) is 11.3 Å². The van der Waals surface area contributed by atoms with Gasteiger partial charge in [-0.3, -0.25) is 4.79 Å². The minimum Gasteiger partial charge on any atom is -0.481 e. The number of carboxylic acids is 1. The summed E-state index contributed by atoms with van der Waals surface area (Å²) in [5.41, 5.74) is 1.96. The first kappa shape index (κ1) is 14.9. The summed E-state index contributed by atoms with van der Waals surface area (Å²) in [5.74, 6) is -0.00507. The summed E-state index contributed by atoms with van der Waals surface area (Å²) in [6, 6.07) is 0.405. The molecule has 1 N–H and O–H groups in total. The van der Waals surface area contributed by atoms with E-state index in [0.29, 0.717) is 12.5 Å². The number of carboxylic acid groups (broad SMARTS) is 1. The molecule has 1 aromatic rings. The zero-order chi connectivity index (χ0) is 14.5. The van der Waals surface area contributed by atoms with Gasteiger partial charge in [0.2, 0.25) is 5.88 Å². The molecule has 5 nitrogen and oxygen atoms in total. The Bertz CT molecular complexity index is 462. The Kier molecular flexibility index (Phi) is 5.04. The standard InChI is InChI=1S/C15H24N2O3/c1-3-13-12(9-10-14(18)19)15(20-2)17(16-13)11-7-5-4-6-8-11/h11H,3-10H2,1-2H3,(H,18,19). The highest BCUT2D eigenvalue weighted by molar-refractivity contribution is 5.67. The molecule has 1 saturated carbocycles. The third-order valence-corrected chi connectivity index (χ3v) is 4.08. The maximum atomic E-state index is 10.8. The van der Waals surface area contributed by atoms with Gasteiger partial charge < -0.3 is 9.84 Å². The van der Waals surface area contributed by atoms with E-state index in [1.165, 1.54) is 19.3 Å². The van der Waals surface area contributed by atoms with Crippen LogP contribution in [0.5, 0.6) is 5.88 Å². The molecule has 0 spiro atoms. The highest BCUT2D eigenvalue weighted by Gasteiger charge is 2.24. The Labute approximate surface area is 119 Å². The maximum Gasteiger partial charge on any atom is 0.303 e. The van der Waals surface area contributed by atoms with E-state index in [9.17, 15) is 4.79 Å². The lowest BCUT2D eigenvalue weighted by Crippen LogP contribution is -2.15. The van der Waals surface area contributed by atoms with Crippen molar-refractivity contribution in [3.8, 4) is 5.88 Å². The summed E-state index contributed by atoms with van der Waals surface area (Å²) < 4.78 is 7.56. The number of hydrogen-bond acceptors (Lipinski definition) is 3. The van der Waals surface area contributed by atoms with Crippen molar-refractivity contribution in [2.45, 2.75) is 64.3 Å². The van der Waals surface area contributed by atoms with Crippen molar-refractivity contribution in [3.63, 3.8) is 0 Å². The van der Waals surface area contributed by atoms with Crippen molar-refractivity contribution >= 4 is 5.97 Å². The summed E-state index contributed by atoms with van der Waals surface area (Å²) >= 11 is 0. The van der Waals surface area contributed by atoms with Gasteiger partial charge in [0.1, 0.15) is 0 Å². The van der Waals surface area contributed by atoms with Crippen LogP contribution in [0.25, 0.3) is 0 Å². The molecule has 2 rings (SSSR count). The van der Waals surface area contributed by atoms with Gasteiger partial charge >= 0.3 is 5.97 Å². The fourth-order valence-electron chi connectivity index (χ4n) is 3.05. The average molecular weight is 280 g/mol. The molecular weight excluding hydrogens is 256 g/mol. The highest BCUT2D eigenvalue weighted by atomic mass is 16.5. The molecule has 0 aliphatic heterocycles. The molecule has 1 aromatic heterocycles. The average Bonchev–Trinajstić information content (AvgIpc) is 2.83. The lowest BCUT2D eigenvalue weighted by molar-refractivity contribution is -0.136. The summed E-state index contributed by atoms with van der Waals surface area (Å²) in [7, 11) is 1.65. The molecule has 20 heavy (non-hydrogen) atoms. The molecule has 1 heterocycles. The van der Waals surface area contributed by atoms with Gasteiger partial charge in [-0.2, -0.15) is 5.10 Å². The third kappa shape index (κ3) is 3.14. The van der Waals surface area contributed by atoms with Gasteiger partial charge in [0.05, 0.1) is 18.8 Å². The van der Waals surface area contributed by atoms with Gasteiger partial charge in [-0.25, -0.2) is 4.68 Å². The maximum absolute atomic E-state index is 10.8. The SMILES string of the molecule is CCc1nn(C2CCCCC2)c(OC)c1CCC(=O)O. The van der Waals surface area contributed by atoms with Crippen molar-refractivity contribution in [2.24, 2.45) is 0 Å². The molecule has 1 aliphatic rings. The monoisotopic (exact) mass is 280 g/mol. The summed E-state index contributed by atoms with van der Waals surface area (Å²) in [6.45, 7) is 2.05. The van der Waals surface area contributed by atoms with Gasteiger partial charge in [-0.1, -0.05) is 26.2 Å². The first-order valence-corrected chi connectivity index (χ1v) is 7.53. The highest BCUT2D eigenvalue weighted by Crippen LogP contribution is 2.34. The number of hydrogen-bond donors (Lipinski definition) is 1. The molecule has 0 atom stereocenters. The lowest BCUT2D eigenvalue weighted by Gasteiger charge is -2.23. The zero-order valence-electron chi connectivity index (χ0n) is 12.4. The van der Waals surface area contributed by atoms with Gasteiger partial charge in [0, 0.05) is 12.0 Å². The van der Waals surface area contributed by atoms with E-state index in [1.54, 1.807) is 7.11 Å². The smallest absolute Gasteiger partial charge is 0.303 e. The number of rotatable bonds is 6. The van der Waals surface area contributed by atoms with Gasteiger partial charge in [0.25, 0.3) is 0 Å². The number of methoxy groups -OCH3 is 1. The predicted octanol–water partition coefficient (Wildman–Crippen LogP) is 2.98. The van der Waals surface area contributed by atoms with E-state index in [0.717, 1.165) is 36.4 Å². The second-order valence-electron chi connectivity index (χ2n) is 5.42. The molecular formula is C15H24N2O3. The molecule has 112 valence electrons. The Morgan fingerprint density at radius 2 is 2.10 bits per heavy atom. The quantitative estimate of drug-likeness (QED) is 0.870. The van der Waals surface area contributed by atoms with E-state index in [4.69, 9.17) is 14.9 Å². The topological polar surface area (TPSA) is 64.4 Å². The molecule has 1 fully saturated rings. The van der Waals surface area contributed by atoms with Crippen LogP contribution in [0.1, 0.15) is 62.7 Å². The fraction of sp³-hybridized carbons (Fsp3) is 0.733. The normalized spacial score (nSPS) is 16.3. The Morgan fingerprint density at radius 1 is 1.40 bits per heavy atom. The number of ether oxygens (including phenoxy) is 1. The van der Waals surface area contributed by atoms with Gasteiger partial charge in [0.15, 0.2) is 0 Å². The van der Waals surface area contributed by atoms with Crippen molar-refractivity contribution in [2.75, 3.05) is 7.11 Å². The summed E-state index contributed by atoms with van der Waals surface area (Å²) in [6.07, 6.45) is 7.48. The van der Waals surface area contributed by atoms with Crippen molar-refractivity contribution in [1.82, 2.24) is 9.78 Å². The number of carbonyl (C=O) groups is 1. The molecule has 0 aromatic carbocycles. The molecule has 0 bridgehead atoms. The number of aromatic nitrogens is 2. The van der Waals surface area contributed by atoms with Crippen LogP contribution in [0.15, 0.2) is 0 Å². The minimum absolute atomic E-state index is 0.125. The molecule has 0 radical (unpaired) electrons. The first-order valence-electron chi connectivity index (χ1n) is 7.53. The first-order chi connectivity index (χ1) is 9.67. The number of aliphatic carboxylic acids is 1. The Balaban J connectivity index is 2.29. The van der Waals surface area contributed by atoms with Gasteiger partial charge in [-0.15, -0.1) is 0 Å². The van der Waals surface area contributed by atoms with Crippen LogP contribution >= 0.6 is 0 Å². The van der Waals surface area contributed by atoms with Crippen LogP contribution in [0.2, 0.25) is 0 Å². The van der Waals surface area contributed by atoms with E-state index in [2.05, 4.69) is 6.92 Å². The van der Waals surface area contributed by atoms with Crippen LogP contribution in [-0.2, 0) is 17.6 Å². The van der Waals surface area contributed by atoms with E-state index in [1.807, 2.05) is 4.68 Å². The molecule has 1 aliphatic carbocycles. The summed E-state index contributed by atoms with van der Waals surface area (Å²) in [4.78, 5) is 10.8. The van der Waals surface area contributed by atoms with Crippen LogP contribution in [0, 0.1) is 0 Å². The van der Waals surface area contributed by atoms with Crippen LogP contribution in [-0.4, -0.2) is 28.0 Å². The second kappa shape index (κ2) is 6.77. The Hall–Kier alpha value is -1.52. The van der Waals surface area contributed by atoms with E-state index >= 15 is 0 Å². The largest absolute Gasteiger partial charge is 0.481 e. The molecule has 0 amide bonds. The third-order valence-electron chi connectivity index (χ3n) is 4.08. The van der Waals surface area contributed by atoms with E-state index in [-0.39, 0.29) is 6.42 Å². The summed E-state index contributed by atoms with van der Waals surface area (Å²) in [5, 5.41) is 13.6. The van der Waals surface area contributed by atoms with Crippen LogP contribution < -0.4 is 4.74 Å². The Morgan fingerprint density at radius 3 is 2.65 bits per heavy atom. The number of aryl methyl sites for hydroxylation is 1. The predicted molar refractivity (Wildman–Crippen MR) is 76.2 cm³/mol. The van der Waals surface area contributed by atoms with Crippen molar-refractivity contribution in [1.29, 1.82) is 0 Å². The second-order valence-corrected chi connectivity index (χ2v) is 5.42.